The highest BCUT2D eigenvalue weighted by molar-refractivity contribution is 6.02. The third-order valence-corrected chi connectivity index (χ3v) is 3.56. The minimum absolute atomic E-state index is 0.00125. The van der Waals surface area contributed by atoms with E-state index in [-0.39, 0.29) is 43.5 Å². The van der Waals surface area contributed by atoms with Crippen LogP contribution in [-0.2, 0) is 19.2 Å². The van der Waals surface area contributed by atoms with Gasteiger partial charge < -0.3 is 10.0 Å². The number of carboxylic acids is 1. The van der Waals surface area contributed by atoms with Crippen LogP contribution >= 0.6 is 0 Å². The number of imide groups is 1. The van der Waals surface area contributed by atoms with Gasteiger partial charge in [0.25, 0.3) is 0 Å². The molecule has 0 aromatic rings. The van der Waals surface area contributed by atoms with Crippen molar-refractivity contribution in [2.24, 2.45) is 0 Å². The Morgan fingerprint density at radius 1 is 1.21 bits per heavy atom. The van der Waals surface area contributed by atoms with Crippen LogP contribution in [0.2, 0.25) is 0 Å². The van der Waals surface area contributed by atoms with Crippen molar-refractivity contribution in [3.05, 3.63) is 0 Å². The number of carbonyl (C=O) groups is 4. The molecule has 0 saturated carbocycles. The van der Waals surface area contributed by atoms with E-state index in [1.165, 1.54) is 4.90 Å². The molecule has 0 bridgehead atoms. The number of likely N-dealkylation sites (tertiary alicyclic amines) is 2. The number of nitrogens with zero attached hydrogens (tertiary/aromatic N) is 2. The SMILES string of the molecule is O=C(O)[C@@H]1CCCN1C(=O)CCN1C(=O)CCC1=O. The summed E-state index contributed by atoms with van der Waals surface area (Å²) in [5.41, 5.74) is 0. The third-order valence-electron chi connectivity index (χ3n) is 3.56. The topological polar surface area (TPSA) is 95.0 Å². The van der Waals surface area contributed by atoms with E-state index >= 15 is 0 Å². The summed E-state index contributed by atoms with van der Waals surface area (Å²) in [6, 6.07) is -0.766. The van der Waals surface area contributed by atoms with Crippen LogP contribution in [0.3, 0.4) is 0 Å². The normalized spacial score (nSPS) is 23.3. The minimum Gasteiger partial charge on any atom is -0.480 e. The first kappa shape index (κ1) is 13.5. The molecule has 1 N–H and O–H groups in total. The zero-order valence-electron chi connectivity index (χ0n) is 10.5. The number of hydrogen-bond donors (Lipinski definition) is 1. The Hall–Kier alpha value is -1.92. The van der Waals surface area contributed by atoms with E-state index in [1.807, 2.05) is 0 Å². The summed E-state index contributed by atoms with van der Waals surface area (Å²) in [5.74, 6) is -1.82. The highest BCUT2D eigenvalue weighted by Gasteiger charge is 2.35. The molecule has 2 rings (SSSR count). The molecule has 0 spiro atoms. The lowest BCUT2D eigenvalue weighted by Gasteiger charge is -2.22. The fraction of sp³-hybridized carbons (Fsp3) is 0.667. The van der Waals surface area contributed by atoms with Gasteiger partial charge in [-0.2, -0.15) is 0 Å². The van der Waals surface area contributed by atoms with Gasteiger partial charge in [0.15, 0.2) is 0 Å². The summed E-state index contributed by atoms with van der Waals surface area (Å²) < 4.78 is 0. The molecular weight excluding hydrogens is 252 g/mol. The van der Waals surface area contributed by atoms with Gasteiger partial charge in [-0.3, -0.25) is 19.3 Å². The molecule has 2 aliphatic heterocycles. The monoisotopic (exact) mass is 268 g/mol. The second-order valence-electron chi connectivity index (χ2n) is 4.77. The summed E-state index contributed by atoms with van der Waals surface area (Å²) in [4.78, 5) is 48.1. The standard InChI is InChI=1S/C12H16N2O5/c15-9-3-4-10(16)14(9)7-5-11(17)13-6-1-2-8(13)12(18)19/h8H,1-7H2,(H,18,19)/t8-/m0/s1. The molecule has 2 fully saturated rings. The van der Waals surface area contributed by atoms with Gasteiger partial charge in [-0.1, -0.05) is 0 Å². The van der Waals surface area contributed by atoms with Crippen molar-refractivity contribution >= 4 is 23.7 Å². The van der Waals surface area contributed by atoms with E-state index in [1.54, 1.807) is 0 Å². The fourth-order valence-electron chi connectivity index (χ4n) is 2.55. The van der Waals surface area contributed by atoms with Crippen molar-refractivity contribution in [1.82, 2.24) is 9.80 Å². The van der Waals surface area contributed by atoms with Crippen LogP contribution in [0, 0.1) is 0 Å². The van der Waals surface area contributed by atoms with E-state index in [2.05, 4.69) is 0 Å². The van der Waals surface area contributed by atoms with Gasteiger partial charge in [-0.25, -0.2) is 4.79 Å². The maximum absolute atomic E-state index is 11.9. The zero-order valence-corrected chi connectivity index (χ0v) is 10.5. The highest BCUT2D eigenvalue weighted by atomic mass is 16.4. The summed E-state index contributed by atoms with van der Waals surface area (Å²) in [6.45, 7) is 0.483. The first-order valence-corrected chi connectivity index (χ1v) is 6.36. The first-order valence-electron chi connectivity index (χ1n) is 6.36. The Kier molecular flexibility index (Phi) is 3.82. The van der Waals surface area contributed by atoms with Crippen molar-refractivity contribution in [3.8, 4) is 0 Å². The minimum atomic E-state index is -1.00. The molecule has 0 radical (unpaired) electrons. The second-order valence-corrected chi connectivity index (χ2v) is 4.77. The van der Waals surface area contributed by atoms with Crippen molar-refractivity contribution in [1.29, 1.82) is 0 Å². The van der Waals surface area contributed by atoms with Crippen molar-refractivity contribution < 1.29 is 24.3 Å². The second kappa shape index (κ2) is 5.38. The molecule has 19 heavy (non-hydrogen) atoms. The number of amides is 3. The van der Waals surface area contributed by atoms with Crippen LogP contribution in [0.4, 0.5) is 0 Å². The quantitative estimate of drug-likeness (QED) is 0.700. The van der Waals surface area contributed by atoms with Crippen molar-refractivity contribution in [2.75, 3.05) is 13.1 Å². The van der Waals surface area contributed by atoms with Gasteiger partial charge in [0.05, 0.1) is 0 Å². The molecule has 2 saturated heterocycles. The van der Waals surface area contributed by atoms with Crippen LogP contribution < -0.4 is 0 Å². The Labute approximate surface area is 110 Å². The number of aliphatic carboxylic acids is 1. The molecule has 104 valence electrons. The number of rotatable bonds is 4. The lowest BCUT2D eigenvalue weighted by atomic mass is 10.2. The average Bonchev–Trinajstić information content (AvgIpc) is 2.95. The summed E-state index contributed by atoms with van der Waals surface area (Å²) in [7, 11) is 0. The molecular formula is C12H16N2O5. The molecule has 0 aliphatic carbocycles. The van der Waals surface area contributed by atoms with E-state index < -0.39 is 12.0 Å². The van der Waals surface area contributed by atoms with Gasteiger partial charge >= 0.3 is 5.97 Å². The molecule has 0 aromatic carbocycles. The highest BCUT2D eigenvalue weighted by Crippen LogP contribution is 2.19. The molecule has 3 amide bonds. The van der Waals surface area contributed by atoms with Gasteiger partial charge in [0, 0.05) is 32.4 Å². The maximum atomic E-state index is 11.9. The summed E-state index contributed by atoms with van der Waals surface area (Å²) in [5, 5.41) is 8.98. The summed E-state index contributed by atoms with van der Waals surface area (Å²) in [6.07, 6.45) is 1.54. The largest absolute Gasteiger partial charge is 0.480 e. The van der Waals surface area contributed by atoms with Crippen LogP contribution in [0.25, 0.3) is 0 Å². The predicted octanol–water partition coefficient (Wildman–Crippen LogP) is -0.399. The number of carbonyl (C=O) groups excluding carboxylic acids is 3. The smallest absolute Gasteiger partial charge is 0.326 e. The van der Waals surface area contributed by atoms with Crippen LogP contribution in [-0.4, -0.2) is 57.7 Å². The Morgan fingerprint density at radius 3 is 2.42 bits per heavy atom. The molecule has 0 aromatic heterocycles. The van der Waals surface area contributed by atoms with Crippen molar-refractivity contribution in [3.63, 3.8) is 0 Å². The maximum Gasteiger partial charge on any atom is 0.326 e. The first-order chi connectivity index (χ1) is 9.00. The van der Waals surface area contributed by atoms with Crippen LogP contribution in [0.15, 0.2) is 0 Å². The van der Waals surface area contributed by atoms with E-state index in [4.69, 9.17) is 5.11 Å². The zero-order chi connectivity index (χ0) is 14.0. The van der Waals surface area contributed by atoms with E-state index in [0.29, 0.717) is 19.4 Å². The molecule has 0 unspecified atom stereocenters. The lowest BCUT2D eigenvalue weighted by molar-refractivity contribution is -0.149. The number of carboxylic acid groups (broad SMARTS) is 1. The van der Waals surface area contributed by atoms with Gasteiger partial charge in [-0.05, 0) is 12.8 Å². The molecule has 7 heteroatoms. The lowest BCUT2D eigenvalue weighted by Crippen LogP contribution is -2.42. The Balaban J connectivity index is 1.89. The molecule has 7 nitrogen and oxygen atoms in total. The Morgan fingerprint density at radius 2 is 1.84 bits per heavy atom. The van der Waals surface area contributed by atoms with Gasteiger partial charge in [0.2, 0.25) is 17.7 Å². The van der Waals surface area contributed by atoms with Gasteiger partial charge in [0.1, 0.15) is 6.04 Å². The third kappa shape index (κ3) is 2.74. The van der Waals surface area contributed by atoms with Crippen molar-refractivity contribution in [2.45, 2.75) is 38.1 Å². The molecule has 2 heterocycles. The Bertz CT molecular complexity index is 418. The molecule has 2 aliphatic rings. The fourth-order valence-corrected chi connectivity index (χ4v) is 2.55. The predicted molar refractivity (Wildman–Crippen MR) is 62.9 cm³/mol. The molecule has 1 atom stereocenters. The van der Waals surface area contributed by atoms with Crippen LogP contribution in [0.5, 0.6) is 0 Å². The van der Waals surface area contributed by atoms with Crippen LogP contribution in [0.1, 0.15) is 32.1 Å². The van der Waals surface area contributed by atoms with E-state index in [0.717, 1.165) is 4.90 Å². The average molecular weight is 268 g/mol. The van der Waals surface area contributed by atoms with Gasteiger partial charge in [-0.15, -0.1) is 0 Å². The van der Waals surface area contributed by atoms with E-state index in [9.17, 15) is 19.2 Å². The number of hydrogen-bond acceptors (Lipinski definition) is 4. The summed E-state index contributed by atoms with van der Waals surface area (Å²) >= 11 is 0.